The molecule has 3 N–H and O–H groups in total. The lowest BCUT2D eigenvalue weighted by molar-refractivity contribution is 0.0967. The van der Waals surface area contributed by atoms with E-state index in [4.69, 9.17) is 10.5 Å². The monoisotopic (exact) mass is 298 g/mol. The van der Waals surface area contributed by atoms with Crippen molar-refractivity contribution in [3.8, 4) is 5.75 Å². The largest absolute Gasteiger partial charge is 0.492 e. The van der Waals surface area contributed by atoms with E-state index in [1.165, 1.54) is 11.3 Å². The van der Waals surface area contributed by atoms with Gasteiger partial charge in [-0.25, -0.2) is 0 Å². The second-order valence-electron chi connectivity index (χ2n) is 4.91. The minimum Gasteiger partial charge on any atom is -0.492 e. The predicted octanol–water partition coefficient (Wildman–Crippen LogP) is 0.840. The van der Waals surface area contributed by atoms with E-state index in [1.54, 1.807) is 14.2 Å². The Hall–Kier alpha value is -1.47. The summed E-state index contributed by atoms with van der Waals surface area (Å²) >= 11 is 1.41. The molecular formula is C13H22N4O2S. The Morgan fingerprint density at radius 1 is 1.35 bits per heavy atom. The number of ether oxygens (including phenoxy) is 1. The van der Waals surface area contributed by atoms with Gasteiger partial charge in [0.15, 0.2) is 5.75 Å². The van der Waals surface area contributed by atoms with E-state index in [0.717, 1.165) is 37.6 Å². The number of methoxy groups -OCH3 is 1. The fraction of sp³-hybridized carbons (Fsp3) is 0.615. The van der Waals surface area contributed by atoms with Crippen molar-refractivity contribution in [2.75, 3.05) is 58.0 Å². The number of carbonyl (C=O) groups excluding carboxylic acids is 1. The number of nitrogens with one attached hydrogen (secondary N) is 1. The van der Waals surface area contributed by atoms with Crippen molar-refractivity contribution < 1.29 is 9.53 Å². The van der Waals surface area contributed by atoms with Crippen LogP contribution in [0.2, 0.25) is 0 Å². The molecule has 1 saturated heterocycles. The third kappa shape index (κ3) is 2.83. The average molecular weight is 298 g/mol. The van der Waals surface area contributed by atoms with Crippen LogP contribution in [0.4, 0.5) is 10.7 Å². The van der Waals surface area contributed by atoms with Crippen molar-refractivity contribution in [1.82, 2.24) is 10.2 Å². The van der Waals surface area contributed by atoms with Crippen LogP contribution in [-0.2, 0) is 0 Å². The zero-order chi connectivity index (χ0) is 14.7. The second kappa shape index (κ2) is 6.32. The lowest BCUT2D eigenvalue weighted by Gasteiger charge is -2.21. The molecule has 7 heteroatoms. The molecule has 0 bridgehead atoms. The van der Waals surface area contributed by atoms with Crippen LogP contribution >= 0.6 is 11.3 Å². The Bertz CT molecular complexity index is 489. The molecule has 0 atom stereocenters. The standard InChI is InChI=1S/C13H22N4O2S/c1-15-12(18)11-9(14)10(19-3)13(20-11)17-6-4-5-16(2)7-8-17/h4-8,14H2,1-3H3,(H,15,18). The summed E-state index contributed by atoms with van der Waals surface area (Å²) in [5.41, 5.74) is 6.49. The summed E-state index contributed by atoms with van der Waals surface area (Å²) < 4.78 is 5.42. The first kappa shape index (κ1) is 14.9. The third-order valence-electron chi connectivity index (χ3n) is 3.53. The first-order chi connectivity index (χ1) is 9.58. The number of nitrogens with zero attached hydrogens (tertiary/aromatic N) is 2. The molecule has 0 radical (unpaired) electrons. The molecule has 0 saturated carbocycles. The van der Waals surface area contributed by atoms with Gasteiger partial charge in [-0.15, -0.1) is 11.3 Å². The zero-order valence-corrected chi connectivity index (χ0v) is 13.0. The highest BCUT2D eigenvalue weighted by molar-refractivity contribution is 7.19. The Balaban J connectivity index is 2.32. The molecule has 2 heterocycles. The van der Waals surface area contributed by atoms with Gasteiger partial charge >= 0.3 is 0 Å². The lowest BCUT2D eigenvalue weighted by atomic mass is 10.3. The summed E-state index contributed by atoms with van der Waals surface area (Å²) in [5, 5.41) is 3.58. The molecule has 1 aliphatic heterocycles. The van der Waals surface area contributed by atoms with Gasteiger partial charge in [0.05, 0.1) is 7.11 Å². The van der Waals surface area contributed by atoms with E-state index < -0.39 is 0 Å². The van der Waals surface area contributed by atoms with E-state index in [1.807, 2.05) is 0 Å². The Morgan fingerprint density at radius 2 is 2.10 bits per heavy atom. The number of nitrogens with two attached hydrogens (primary N) is 1. The van der Waals surface area contributed by atoms with Crippen LogP contribution in [-0.4, -0.2) is 58.2 Å². The van der Waals surface area contributed by atoms with Gasteiger partial charge in [-0.2, -0.15) is 0 Å². The molecule has 1 aliphatic rings. The van der Waals surface area contributed by atoms with Gasteiger partial charge in [-0.1, -0.05) is 0 Å². The zero-order valence-electron chi connectivity index (χ0n) is 12.2. The number of hydrogen-bond donors (Lipinski definition) is 2. The maximum Gasteiger partial charge on any atom is 0.263 e. The summed E-state index contributed by atoms with van der Waals surface area (Å²) in [7, 11) is 5.33. The van der Waals surface area contributed by atoms with Crippen LogP contribution in [0.25, 0.3) is 0 Å². The van der Waals surface area contributed by atoms with Crippen molar-refractivity contribution in [1.29, 1.82) is 0 Å². The van der Waals surface area contributed by atoms with Crippen molar-refractivity contribution in [2.24, 2.45) is 0 Å². The smallest absolute Gasteiger partial charge is 0.263 e. The molecule has 1 amide bonds. The van der Waals surface area contributed by atoms with Crippen LogP contribution in [0.1, 0.15) is 16.1 Å². The molecule has 2 rings (SSSR count). The number of amides is 1. The van der Waals surface area contributed by atoms with Crippen molar-refractivity contribution in [3.63, 3.8) is 0 Å². The van der Waals surface area contributed by atoms with Crippen molar-refractivity contribution >= 4 is 27.9 Å². The number of likely N-dealkylation sites (N-methyl/N-ethyl adjacent to an activating group) is 1. The molecule has 0 aliphatic carbocycles. The maximum atomic E-state index is 11.9. The number of thiophene rings is 1. The number of carbonyl (C=O) groups is 1. The van der Waals surface area contributed by atoms with Gasteiger partial charge in [-0.3, -0.25) is 4.79 Å². The fourth-order valence-electron chi connectivity index (χ4n) is 2.35. The molecule has 6 nitrogen and oxygen atoms in total. The Morgan fingerprint density at radius 3 is 2.75 bits per heavy atom. The molecule has 1 aromatic heterocycles. The first-order valence-corrected chi connectivity index (χ1v) is 7.52. The van der Waals surface area contributed by atoms with E-state index in [-0.39, 0.29) is 5.91 Å². The molecule has 112 valence electrons. The number of rotatable bonds is 3. The predicted molar refractivity (Wildman–Crippen MR) is 83.0 cm³/mol. The number of hydrogen-bond acceptors (Lipinski definition) is 6. The fourth-order valence-corrected chi connectivity index (χ4v) is 3.54. The first-order valence-electron chi connectivity index (χ1n) is 6.70. The quantitative estimate of drug-likeness (QED) is 0.865. The number of nitrogen functional groups attached to an aromatic ring is 1. The van der Waals surface area contributed by atoms with Crippen LogP contribution in [0.15, 0.2) is 0 Å². The van der Waals surface area contributed by atoms with E-state index in [0.29, 0.717) is 16.3 Å². The van der Waals surface area contributed by atoms with E-state index in [2.05, 4.69) is 22.2 Å². The molecular weight excluding hydrogens is 276 g/mol. The molecule has 0 aromatic carbocycles. The topological polar surface area (TPSA) is 70.8 Å². The van der Waals surface area contributed by atoms with Crippen LogP contribution < -0.4 is 20.7 Å². The lowest BCUT2D eigenvalue weighted by Crippen LogP contribution is -2.28. The summed E-state index contributed by atoms with van der Waals surface area (Å²) in [6, 6.07) is 0. The molecule has 1 fully saturated rings. The highest BCUT2D eigenvalue weighted by atomic mass is 32.1. The highest BCUT2D eigenvalue weighted by Crippen LogP contribution is 2.44. The van der Waals surface area contributed by atoms with Gasteiger partial charge < -0.3 is 25.6 Å². The van der Waals surface area contributed by atoms with Crippen LogP contribution in [0, 0.1) is 0 Å². The second-order valence-corrected chi connectivity index (χ2v) is 5.91. The number of anilines is 2. The van der Waals surface area contributed by atoms with E-state index in [9.17, 15) is 4.79 Å². The van der Waals surface area contributed by atoms with Crippen molar-refractivity contribution in [2.45, 2.75) is 6.42 Å². The summed E-state index contributed by atoms with van der Waals surface area (Å²) in [6.45, 7) is 3.95. The maximum absolute atomic E-state index is 11.9. The highest BCUT2D eigenvalue weighted by Gasteiger charge is 2.25. The summed E-state index contributed by atoms with van der Waals surface area (Å²) in [5.74, 6) is 0.460. The van der Waals surface area contributed by atoms with Gasteiger partial charge in [0.1, 0.15) is 15.6 Å². The van der Waals surface area contributed by atoms with Gasteiger partial charge in [-0.05, 0) is 20.0 Å². The van der Waals surface area contributed by atoms with E-state index >= 15 is 0 Å². The van der Waals surface area contributed by atoms with Gasteiger partial charge in [0, 0.05) is 26.7 Å². The van der Waals surface area contributed by atoms with Crippen LogP contribution in [0.5, 0.6) is 5.75 Å². The van der Waals surface area contributed by atoms with Crippen molar-refractivity contribution in [3.05, 3.63) is 4.88 Å². The minimum atomic E-state index is -0.163. The molecule has 0 unspecified atom stereocenters. The third-order valence-corrected chi connectivity index (χ3v) is 4.77. The Kier molecular flexibility index (Phi) is 4.72. The molecule has 0 spiro atoms. The van der Waals surface area contributed by atoms with Gasteiger partial charge in [0.2, 0.25) is 0 Å². The van der Waals surface area contributed by atoms with Crippen LogP contribution in [0.3, 0.4) is 0 Å². The Labute approximate surface area is 123 Å². The minimum absolute atomic E-state index is 0.163. The SMILES string of the molecule is CNC(=O)c1sc(N2CCCN(C)CC2)c(OC)c1N. The summed E-state index contributed by atoms with van der Waals surface area (Å²) in [6.07, 6.45) is 1.09. The summed E-state index contributed by atoms with van der Waals surface area (Å²) in [4.78, 5) is 16.9. The molecule has 1 aromatic rings. The normalized spacial score (nSPS) is 16.9. The molecule has 20 heavy (non-hydrogen) atoms. The average Bonchev–Trinajstić information content (AvgIpc) is 2.62. The van der Waals surface area contributed by atoms with Gasteiger partial charge in [0.25, 0.3) is 5.91 Å².